The first kappa shape index (κ1) is 30.7. The summed E-state index contributed by atoms with van der Waals surface area (Å²) in [5, 5.41) is 9.86. The summed E-state index contributed by atoms with van der Waals surface area (Å²) in [6.07, 6.45) is 6.75. The Balaban J connectivity index is 1.13. The third-order valence-electron chi connectivity index (χ3n) is 11.3. The van der Waals surface area contributed by atoms with Gasteiger partial charge in [-0.3, -0.25) is 0 Å². The van der Waals surface area contributed by atoms with E-state index in [-0.39, 0.29) is 0 Å². The lowest BCUT2D eigenvalue weighted by molar-refractivity contribution is 0.669. The van der Waals surface area contributed by atoms with Gasteiger partial charge in [0.05, 0.1) is 0 Å². The molecular weight excluding hydrogens is 655 g/mol. The van der Waals surface area contributed by atoms with Crippen molar-refractivity contribution in [1.82, 2.24) is 0 Å². The molecule has 0 fully saturated rings. The molecule has 0 saturated carbocycles. The van der Waals surface area contributed by atoms with Gasteiger partial charge in [-0.05, 0) is 139 Å². The maximum atomic E-state index is 6.29. The fourth-order valence-corrected chi connectivity index (χ4v) is 8.76. The Hall–Kier alpha value is -6.90. The summed E-state index contributed by atoms with van der Waals surface area (Å²) in [7, 11) is 0. The van der Waals surface area contributed by atoms with E-state index < -0.39 is 0 Å². The summed E-state index contributed by atoms with van der Waals surface area (Å²) in [6, 6.07) is 64.1. The molecule has 0 radical (unpaired) electrons. The van der Waals surface area contributed by atoms with Crippen molar-refractivity contribution in [2.45, 2.75) is 12.8 Å². The van der Waals surface area contributed by atoms with Crippen LogP contribution < -0.4 is 4.90 Å². The molecule has 11 rings (SSSR count). The highest BCUT2D eigenvalue weighted by Gasteiger charge is 2.19. The van der Waals surface area contributed by atoms with E-state index in [1.54, 1.807) is 0 Å². The summed E-state index contributed by atoms with van der Waals surface area (Å²) in [6.45, 7) is 0. The van der Waals surface area contributed by atoms with E-state index >= 15 is 0 Å². The highest BCUT2D eigenvalue weighted by molar-refractivity contribution is 6.14. The number of benzene rings is 9. The topological polar surface area (TPSA) is 16.4 Å². The molecule has 0 bridgehead atoms. The monoisotopic (exact) mass is 689 g/mol. The molecule has 0 saturated heterocycles. The molecule has 1 aliphatic carbocycles. The van der Waals surface area contributed by atoms with Crippen LogP contribution in [-0.4, -0.2) is 0 Å². The van der Waals surface area contributed by atoms with Crippen LogP contribution in [0.25, 0.3) is 82.6 Å². The number of hydrogen-bond acceptors (Lipinski definition) is 2. The molecule has 1 aromatic heterocycles. The van der Waals surface area contributed by atoms with Crippen LogP contribution in [0, 0.1) is 0 Å². The Bertz CT molecular complexity index is 3130. The second-order valence-corrected chi connectivity index (χ2v) is 14.4. The number of nitrogens with zero attached hydrogens (tertiary/aromatic N) is 1. The number of para-hydroxylation sites is 1. The Labute approximate surface area is 313 Å². The predicted molar refractivity (Wildman–Crippen MR) is 229 cm³/mol. The standard InChI is InChI=1S/C52H35NO/c1-3-19-41-36(13-1)31-48(45-23-7-5-21-43(41)45)34-15-11-17-38(29-34)53(40-27-28-52-50(33-40)47-25-9-10-26-51(47)54-52)39-18-12-16-35(30-39)49-32-37-14-2-4-20-42(37)44-22-6-8-24-46(44)49/h1,3-13,15-33H,2,14H2. The molecule has 0 spiro atoms. The van der Waals surface area contributed by atoms with Crippen LogP contribution in [0.2, 0.25) is 0 Å². The molecule has 1 aliphatic rings. The molecule has 0 atom stereocenters. The molecule has 2 heteroatoms. The average Bonchev–Trinajstić information content (AvgIpc) is 3.61. The van der Waals surface area contributed by atoms with Gasteiger partial charge in [0.1, 0.15) is 11.2 Å². The number of anilines is 3. The smallest absolute Gasteiger partial charge is 0.135 e. The van der Waals surface area contributed by atoms with Gasteiger partial charge in [0.2, 0.25) is 0 Å². The van der Waals surface area contributed by atoms with Crippen molar-refractivity contribution in [3.8, 4) is 22.3 Å². The van der Waals surface area contributed by atoms with Crippen LogP contribution >= 0.6 is 0 Å². The minimum atomic E-state index is 0.889. The third-order valence-corrected chi connectivity index (χ3v) is 11.3. The number of aryl methyl sites for hydroxylation is 1. The van der Waals surface area contributed by atoms with Crippen LogP contribution in [-0.2, 0) is 6.42 Å². The molecule has 0 unspecified atom stereocenters. The molecule has 0 aliphatic heterocycles. The number of fused-ring (bicyclic) bond motifs is 9. The lowest BCUT2D eigenvalue weighted by Gasteiger charge is -2.27. The van der Waals surface area contributed by atoms with Crippen LogP contribution in [0.3, 0.4) is 0 Å². The molecular formula is C52H35NO. The molecule has 0 amide bonds. The summed E-state index contributed by atoms with van der Waals surface area (Å²) in [5.74, 6) is 0. The van der Waals surface area contributed by atoms with E-state index in [1.165, 1.54) is 65.7 Å². The summed E-state index contributed by atoms with van der Waals surface area (Å²) in [5.41, 5.74) is 12.7. The van der Waals surface area contributed by atoms with E-state index in [1.807, 2.05) is 12.1 Å². The van der Waals surface area contributed by atoms with Crippen molar-refractivity contribution >= 4 is 77.4 Å². The van der Waals surface area contributed by atoms with Crippen LogP contribution in [0.1, 0.15) is 17.5 Å². The van der Waals surface area contributed by atoms with Crippen LogP contribution in [0.15, 0.2) is 186 Å². The van der Waals surface area contributed by atoms with E-state index in [0.29, 0.717) is 0 Å². The zero-order valence-electron chi connectivity index (χ0n) is 29.7. The predicted octanol–water partition coefficient (Wildman–Crippen LogP) is 14.8. The number of hydrogen-bond donors (Lipinski definition) is 0. The lowest BCUT2D eigenvalue weighted by Crippen LogP contribution is -2.10. The van der Waals surface area contributed by atoms with Gasteiger partial charge in [0.15, 0.2) is 0 Å². The van der Waals surface area contributed by atoms with Crippen molar-refractivity contribution in [2.75, 3.05) is 4.90 Å². The first-order valence-corrected chi connectivity index (χ1v) is 18.8. The van der Waals surface area contributed by atoms with Gasteiger partial charge < -0.3 is 9.32 Å². The summed E-state index contributed by atoms with van der Waals surface area (Å²) in [4.78, 5) is 2.40. The zero-order chi connectivity index (χ0) is 35.6. The Morgan fingerprint density at radius 1 is 0.407 bits per heavy atom. The molecule has 9 aromatic carbocycles. The van der Waals surface area contributed by atoms with Crippen molar-refractivity contribution in [1.29, 1.82) is 0 Å². The van der Waals surface area contributed by atoms with Crippen molar-refractivity contribution in [2.24, 2.45) is 0 Å². The van der Waals surface area contributed by atoms with Crippen LogP contribution in [0.4, 0.5) is 17.1 Å². The van der Waals surface area contributed by atoms with Gasteiger partial charge in [-0.25, -0.2) is 0 Å². The second-order valence-electron chi connectivity index (χ2n) is 14.4. The minimum absolute atomic E-state index is 0.889. The number of rotatable bonds is 5. The average molecular weight is 690 g/mol. The fourth-order valence-electron chi connectivity index (χ4n) is 8.76. The van der Waals surface area contributed by atoms with E-state index in [4.69, 9.17) is 4.42 Å². The van der Waals surface area contributed by atoms with E-state index in [2.05, 4.69) is 181 Å². The number of allylic oxidation sites excluding steroid dienone is 1. The second kappa shape index (κ2) is 12.4. The third kappa shape index (κ3) is 4.95. The normalized spacial score (nSPS) is 12.6. The van der Waals surface area contributed by atoms with Gasteiger partial charge in [0, 0.05) is 27.8 Å². The molecule has 0 N–H and O–H groups in total. The Morgan fingerprint density at radius 2 is 1.00 bits per heavy atom. The molecule has 2 nitrogen and oxygen atoms in total. The van der Waals surface area contributed by atoms with Gasteiger partial charge >= 0.3 is 0 Å². The maximum absolute atomic E-state index is 6.29. The molecule has 54 heavy (non-hydrogen) atoms. The first-order valence-electron chi connectivity index (χ1n) is 18.8. The summed E-state index contributed by atoms with van der Waals surface area (Å²) >= 11 is 0. The zero-order valence-corrected chi connectivity index (χ0v) is 29.7. The largest absolute Gasteiger partial charge is 0.456 e. The number of furan rings is 1. The van der Waals surface area contributed by atoms with Crippen molar-refractivity contribution in [3.63, 3.8) is 0 Å². The molecule has 1 heterocycles. The van der Waals surface area contributed by atoms with Gasteiger partial charge in [-0.2, -0.15) is 0 Å². The summed E-state index contributed by atoms with van der Waals surface area (Å²) < 4.78 is 6.29. The van der Waals surface area contributed by atoms with Crippen LogP contribution in [0.5, 0.6) is 0 Å². The van der Waals surface area contributed by atoms with Gasteiger partial charge in [-0.1, -0.05) is 127 Å². The van der Waals surface area contributed by atoms with Crippen molar-refractivity contribution < 1.29 is 4.42 Å². The highest BCUT2D eigenvalue weighted by atomic mass is 16.3. The quantitative estimate of drug-likeness (QED) is 0.167. The Kier molecular flexibility index (Phi) is 7.03. The molecule has 254 valence electrons. The lowest BCUT2D eigenvalue weighted by atomic mass is 9.87. The SMILES string of the molecule is C1=Cc2c(cc(-c3cccc(N(c4cccc(-c5cc6ccccc6c6ccccc56)c4)c4ccc5oc6ccccc6c5c4)c3)c3ccccc23)CC1. The van der Waals surface area contributed by atoms with E-state index in [9.17, 15) is 0 Å². The van der Waals surface area contributed by atoms with Gasteiger partial charge in [-0.15, -0.1) is 0 Å². The molecule has 10 aromatic rings. The Morgan fingerprint density at radius 3 is 1.78 bits per heavy atom. The maximum Gasteiger partial charge on any atom is 0.135 e. The highest BCUT2D eigenvalue weighted by Crippen LogP contribution is 2.44. The van der Waals surface area contributed by atoms with Crippen molar-refractivity contribution in [3.05, 3.63) is 193 Å². The first-order chi connectivity index (χ1) is 26.8. The van der Waals surface area contributed by atoms with Gasteiger partial charge in [0.25, 0.3) is 0 Å². The fraction of sp³-hybridized carbons (Fsp3) is 0.0385. The minimum Gasteiger partial charge on any atom is -0.456 e. The van der Waals surface area contributed by atoms with E-state index in [0.717, 1.165) is 51.8 Å².